The summed E-state index contributed by atoms with van der Waals surface area (Å²) in [5, 5.41) is 0.630. The molecule has 0 aromatic heterocycles. The van der Waals surface area contributed by atoms with E-state index in [0.717, 1.165) is 12.2 Å². The summed E-state index contributed by atoms with van der Waals surface area (Å²) in [5.74, 6) is 1.48. The number of hydrogen-bond acceptors (Lipinski definition) is 2. The molecule has 0 N–H and O–H groups in total. The van der Waals surface area contributed by atoms with Crippen LogP contribution in [0.3, 0.4) is 0 Å². The summed E-state index contributed by atoms with van der Waals surface area (Å²) in [6.45, 7) is 6.64. The summed E-state index contributed by atoms with van der Waals surface area (Å²) in [6.07, 6.45) is 1.43. The van der Waals surface area contributed by atoms with Crippen molar-refractivity contribution in [1.29, 1.82) is 0 Å². The van der Waals surface area contributed by atoms with Crippen LogP contribution >= 0.6 is 11.8 Å². The van der Waals surface area contributed by atoms with Crippen LogP contribution in [0.15, 0.2) is 24.3 Å². The first-order valence-corrected chi connectivity index (χ1v) is 7.46. The van der Waals surface area contributed by atoms with Gasteiger partial charge in [0.25, 0.3) is 0 Å². The summed E-state index contributed by atoms with van der Waals surface area (Å²) in [4.78, 5) is 11.8. The number of Topliss-reactive ketones (excluding diaryl/α,β-unsaturated/α-hetero) is 1. The first-order valence-electron chi connectivity index (χ1n) is 6.41. The molecule has 1 nitrogen and oxygen atoms in total. The van der Waals surface area contributed by atoms with E-state index in [0.29, 0.717) is 23.2 Å². The fraction of sp³-hybridized carbons (Fsp3) is 0.533. The van der Waals surface area contributed by atoms with Crippen LogP contribution in [-0.2, 0) is 0 Å². The highest BCUT2D eigenvalue weighted by Gasteiger charge is 2.09. The van der Waals surface area contributed by atoms with Crippen molar-refractivity contribution in [3.05, 3.63) is 35.6 Å². The predicted octanol–water partition coefficient (Wildman–Crippen LogP) is 4.57. The molecule has 0 radical (unpaired) electrons. The molecule has 18 heavy (non-hydrogen) atoms. The molecule has 0 fully saturated rings. The van der Waals surface area contributed by atoms with Gasteiger partial charge < -0.3 is 0 Å². The largest absolute Gasteiger partial charge is 0.294 e. The van der Waals surface area contributed by atoms with Gasteiger partial charge in [-0.05, 0) is 42.4 Å². The van der Waals surface area contributed by atoms with Gasteiger partial charge in [-0.15, -0.1) is 0 Å². The number of benzene rings is 1. The molecule has 100 valence electrons. The minimum Gasteiger partial charge on any atom is -0.294 e. The molecule has 0 aliphatic heterocycles. The molecule has 0 bridgehead atoms. The smallest absolute Gasteiger partial charge is 0.162 e. The fourth-order valence-corrected chi connectivity index (χ4v) is 2.54. The Kier molecular flexibility index (Phi) is 6.41. The second-order valence-electron chi connectivity index (χ2n) is 4.85. The maximum absolute atomic E-state index is 12.7. The average Bonchev–Trinajstić information content (AvgIpc) is 2.34. The van der Waals surface area contributed by atoms with Crippen molar-refractivity contribution in [3.63, 3.8) is 0 Å². The van der Waals surface area contributed by atoms with Crippen LogP contribution in [0, 0.1) is 11.7 Å². The van der Waals surface area contributed by atoms with Gasteiger partial charge in [0.1, 0.15) is 5.82 Å². The SMILES string of the molecule is CC(C)C(C)SCCCC(=O)c1ccc(F)cc1. The van der Waals surface area contributed by atoms with Gasteiger partial charge in [-0.3, -0.25) is 4.79 Å². The minimum absolute atomic E-state index is 0.104. The second-order valence-corrected chi connectivity index (χ2v) is 6.34. The Labute approximate surface area is 113 Å². The molecule has 0 spiro atoms. The first kappa shape index (κ1) is 15.2. The third-order valence-corrected chi connectivity index (χ3v) is 4.63. The van der Waals surface area contributed by atoms with Crippen LogP contribution in [0.4, 0.5) is 4.39 Å². The Balaban J connectivity index is 2.27. The van der Waals surface area contributed by atoms with Crippen molar-refractivity contribution in [2.75, 3.05) is 5.75 Å². The Morgan fingerprint density at radius 3 is 2.39 bits per heavy atom. The molecule has 1 aromatic carbocycles. The molecule has 0 saturated carbocycles. The van der Waals surface area contributed by atoms with Gasteiger partial charge in [-0.1, -0.05) is 20.8 Å². The molecule has 1 unspecified atom stereocenters. The van der Waals surface area contributed by atoms with E-state index >= 15 is 0 Å². The van der Waals surface area contributed by atoms with E-state index in [1.54, 1.807) is 12.1 Å². The number of thioether (sulfide) groups is 1. The Morgan fingerprint density at radius 2 is 1.83 bits per heavy atom. The second kappa shape index (κ2) is 7.57. The maximum Gasteiger partial charge on any atom is 0.162 e. The summed E-state index contributed by atoms with van der Waals surface area (Å²) in [6, 6.07) is 5.79. The number of rotatable bonds is 7. The normalized spacial score (nSPS) is 12.7. The molecule has 1 atom stereocenters. The molecule has 3 heteroatoms. The zero-order valence-corrected chi connectivity index (χ0v) is 12.1. The molecule has 0 aliphatic rings. The van der Waals surface area contributed by atoms with Gasteiger partial charge in [0, 0.05) is 17.2 Å². The topological polar surface area (TPSA) is 17.1 Å². The lowest BCUT2D eigenvalue weighted by Crippen LogP contribution is -2.07. The maximum atomic E-state index is 12.7. The van der Waals surface area contributed by atoms with Gasteiger partial charge in [-0.25, -0.2) is 4.39 Å². The van der Waals surface area contributed by atoms with E-state index in [9.17, 15) is 9.18 Å². The standard InChI is InChI=1S/C15H21FOS/c1-11(2)12(3)18-10-4-5-15(17)13-6-8-14(16)9-7-13/h6-9,11-12H,4-5,10H2,1-3H3. The molecule has 0 aliphatic carbocycles. The van der Waals surface area contributed by atoms with Crippen LogP contribution in [-0.4, -0.2) is 16.8 Å². The highest BCUT2D eigenvalue weighted by atomic mass is 32.2. The van der Waals surface area contributed by atoms with Crippen molar-refractivity contribution in [1.82, 2.24) is 0 Å². The Morgan fingerprint density at radius 1 is 1.22 bits per heavy atom. The summed E-state index contributed by atoms with van der Waals surface area (Å²) in [5.41, 5.74) is 0.610. The van der Waals surface area contributed by atoms with Crippen molar-refractivity contribution in [3.8, 4) is 0 Å². The molecule has 0 amide bonds. The third-order valence-electron chi connectivity index (χ3n) is 3.03. The summed E-state index contributed by atoms with van der Waals surface area (Å²) < 4.78 is 12.7. The van der Waals surface area contributed by atoms with Crippen molar-refractivity contribution in [2.24, 2.45) is 5.92 Å². The molecule has 1 aromatic rings. The van der Waals surface area contributed by atoms with Crippen LogP contribution in [0.5, 0.6) is 0 Å². The lowest BCUT2D eigenvalue weighted by molar-refractivity contribution is 0.0982. The predicted molar refractivity (Wildman–Crippen MR) is 76.7 cm³/mol. The summed E-state index contributed by atoms with van der Waals surface area (Å²) in [7, 11) is 0. The number of halogens is 1. The zero-order valence-electron chi connectivity index (χ0n) is 11.3. The fourth-order valence-electron chi connectivity index (χ4n) is 1.47. The van der Waals surface area contributed by atoms with Crippen LogP contribution in [0.2, 0.25) is 0 Å². The molecular formula is C15H21FOS. The van der Waals surface area contributed by atoms with E-state index in [-0.39, 0.29) is 11.6 Å². The number of hydrogen-bond donors (Lipinski definition) is 0. The molecule has 0 saturated heterocycles. The number of carbonyl (C=O) groups is 1. The highest BCUT2D eigenvalue weighted by Crippen LogP contribution is 2.20. The summed E-state index contributed by atoms with van der Waals surface area (Å²) >= 11 is 1.91. The monoisotopic (exact) mass is 268 g/mol. The van der Waals surface area contributed by atoms with Crippen LogP contribution in [0.1, 0.15) is 44.0 Å². The van der Waals surface area contributed by atoms with Crippen molar-refractivity contribution < 1.29 is 9.18 Å². The molecule has 0 heterocycles. The van der Waals surface area contributed by atoms with Crippen molar-refractivity contribution in [2.45, 2.75) is 38.9 Å². The lowest BCUT2D eigenvalue weighted by Gasteiger charge is -2.14. The van der Waals surface area contributed by atoms with E-state index in [1.807, 2.05) is 11.8 Å². The van der Waals surface area contributed by atoms with Gasteiger partial charge in [0.2, 0.25) is 0 Å². The van der Waals surface area contributed by atoms with Gasteiger partial charge in [0.15, 0.2) is 5.78 Å². The van der Waals surface area contributed by atoms with E-state index in [2.05, 4.69) is 20.8 Å². The van der Waals surface area contributed by atoms with Gasteiger partial charge in [-0.2, -0.15) is 11.8 Å². The Bertz CT molecular complexity index is 373. The van der Waals surface area contributed by atoms with E-state index < -0.39 is 0 Å². The quantitative estimate of drug-likeness (QED) is 0.532. The van der Waals surface area contributed by atoms with E-state index in [4.69, 9.17) is 0 Å². The zero-order chi connectivity index (χ0) is 13.5. The number of carbonyl (C=O) groups excluding carboxylic acids is 1. The third kappa shape index (κ3) is 5.21. The molecular weight excluding hydrogens is 247 g/mol. The van der Waals surface area contributed by atoms with Gasteiger partial charge in [0.05, 0.1) is 0 Å². The highest BCUT2D eigenvalue weighted by molar-refractivity contribution is 7.99. The van der Waals surface area contributed by atoms with Crippen molar-refractivity contribution >= 4 is 17.5 Å². The van der Waals surface area contributed by atoms with E-state index in [1.165, 1.54) is 12.1 Å². The number of ketones is 1. The molecule has 1 rings (SSSR count). The Hall–Kier alpha value is -0.830. The average molecular weight is 268 g/mol. The van der Waals surface area contributed by atoms with Gasteiger partial charge >= 0.3 is 0 Å². The minimum atomic E-state index is -0.298. The lowest BCUT2D eigenvalue weighted by atomic mass is 10.1. The first-order chi connectivity index (χ1) is 8.50. The van der Waals surface area contributed by atoms with Crippen LogP contribution < -0.4 is 0 Å². The van der Waals surface area contributed by atoms with Crippen LogP contribution in [0.25, 0.3) is 0 Å².